The number of carbonyl (C=O) groups is 1. The molecule has 1 amide bonds. The van der Waals surface area contributed by atoms with Gasteiger partial charge in [-0.1, -0.05) is 20.3 Å². The van der Waals surface area contributed by atoms with Gasteiger partial charge in [0.2, 0.25) is 15.9 Å². The molecule has 0 radical (unpaired) electrons. The molecule has 0 aliphatic carbocycles. The number of nitrogens with one attached hydrogen (secondary N) is 2. The van der Waals surface area contributed by atoms with Gasteiger partial charge >= 0.3 is 0 Å². The summed E-state index contributed by atoms with van der Waals surface area (Å²) in [5.41, 5.74) is 0.608. The van der Waals surface area contributed by atoms with Crippen LogP contribution in [0.15, 0.2) is 29.2 Å². The first-order chi connectivity index (χ1) is 8.99. The molecule has 0 saturated heterocycles. The van der Waals surface area contributed by atoms with Crippen molar-refractivity contribution in [2.45, 2.75) is 38.0 Å². The zero-order valence-corrected chi connectivity index (χ0v) is 12.1. The lowest BCUT2D eigenvalue weighted by Crippen LogP contribution is -2.23. The topological polar surface area (TPSA) is 75.3 Å². The fourth-order valence-corrected chi connectivity index (χ4v) is 2.59. The second kappa shape index (κ2) is 7.25. The summed E-state index contributed by atoms with van der Waals surface area (Å²) in [7, 11) is -3.43. The van der Waals surface area contributed by atoms with Gasteiger partial charge in [0.1, 0.15) is 0 Å². The Bertz CT molecular complexity index is 509. The van der Waals surface area contributed by atoms with Gasteiger partial charge in [-0.2, -0.15) is 0 Å². The number of benzene rings is 1. The molecule has 0 atom stereocenters. The molecule has 0 aromatic heterocycles. The maximum Gasteiger partial charge on any atom is 0.240 e. The van der Waals surface area contributed by atoms with Crippen LogP contribution in [-0.4, -0.2) is 20.9 Å². The molecule has 1 aromatic carbocycles. The molecule has 0 fully saturated rings. The Labute approximate surface area is 114 Å². The van der Waals surface area contributed by atoms with E-state index in [0.717, 1.165) is 12.8 Å². The maximum atomic E-state index is 11.7. The van der Waals surface area contributed by atoms with Crippen LogP contribution in [0.2, 0.25) is 0 Å². The van der Waals surface area contributed by atoms with Crippen LogP contribution in [0.5, 0.6) is 0 Å². The Kier molecular flexibility index (Phi) is 5.98. The average Bonchev–Trinajstić information content (AvgIpc) is 2.37. The number of sulfonamides is 1. The van der Waals surface area contributed by atoms with Gasteiger partial charge in [-0.05, 0) is 30.7 Å². The molecule has 0 aliphatic heterocycles. The van der Waals surface area contributed by atoms with Crippen molar-refractivity contribution in [3.05, 3.63) is 24.3 Å². The lowest BCUT2D eigenvalue weighted by molar-refractivity contribution is -0.116. The molecule has 5 nitrogen and oxygen atoms in total. The van der Waals surface area contributed by atoms with Crippen LogP contribution in [0.3, 0.4) is 0 Å². The molecule has 0 spiro atoms. The lowest BCUT2D eigenvalue weighted by atomic mass is 10.2. The van der Waals surface area contributed by atoms with Crippen LogP contribution in [0.1, 0.15) is 33.1 Å². The summed E-state index contributed by atoms with van der Waals surface area (Å²) in [5, 5.41) is 2.73. The molecule has 0 bridgehead atoms. The summed E-state index contributed by atoms with van der Waals surface area (Å²) in [5.74, 6) is -0.0517. The van der Waals surface area contributed by atoms with Crippen LogP contribution in [0.25, 0.3) is 0 Å². The van der Waals surface area contributed by atoms with E-state index in [1.807, 2.05) is 6.92 Å². The summed E-state index contributed by atoms with van der Waals surface area (Å²) in [6.07, 6.45) is 2.29. The van der Waals surface area contributed by atoms with Crippen molar-refractivity contribution in [1.82, 2.24) is 4.72 Å². The largest absolute Gasteiger partial charge is 0.326 e. The smallest absolute Gasteiger partial charge is 0.240 e. The first kappa shape index (κ1) is 15.7. The minimum atomic E-state index is -3.43. The Morgan fingerprint density at radius 3 is 2.32 bits per heavy atom. The molecule has 19 heavy (non-hydrogen) atoms. The van der Waals surface area contributed by atoms with Crippen molar-refractivity contribution in [1.29, 1.82) is 0 Å². The zero-order valence-electron chi connectivity index (χ0n) is 11.3. The number of rotatable bonds is 7. The average molecular weight is 284 g/mol. The quantitative estimate of drug-likeness (QED) is 0.805. The lowest BCUT2D eigenvalue weighted by Gasteiger charge is -2.07. The van der Waals surface area contributed by atoms with Gasteiger partial charge in [0, 0.05) is 18.7 Å². The fraction of sp³-hybridized carbons (Fsp3) is 0.462. The van der Waals surface area contributed by atoms with Gasteiger partial charge in [0.25, 0.3) is 0 Å². The number of amides is 1. The number of anilines is 1. The minimum absolute atomic E-state index is 0.0517. The monoisotopic (exact) mass is 284 g/mol. The van der Waals surface area contributed by atoms with Gasteiger partial charge in [-0.25, -0.2) is 13.1 Å². The molecule has 2 N–H and O–H groups in total. The SMILES string of the molecule is CCCCC(=O)Nc1ccc(S(=O)(=O)NCC)cc1. The van der Waals surface area contributed by atoms with E-state index in [0.29, 0.717) is 18.7 Å². The van der Waals surface area contributed by atoms with Crippen LogP contribution < -0.4 is 10.0 Å². The minimum Gasteiger partial charge on any atom is -0.326 e. The third-order valence-electron chi connectivity index (χ3n) is 2.54. The Morgan fingerprint density at radius 2 is 1.79 bits per heavy atom. The standard InChI is InChI=1S/C13H20N2O3S/c1-3-5-6-13(16)15-11-7-9-12(10-8-11)19(17,18)14-4-2/h7-10,14H,3-6H2,1-2H3,(H,15,16). The van der Waals surface area contributed by atoms with Crippen molar-refractivity contribution in [2.24, 2.45) is 0 Å². The molecular weight excluding hydrogens is 264 g/mol. The van der Waals surface area contributed by atoms with Crippen molar-refractivity contribution < 1.29 is 13.2 Å². The third kappa shape index (κ3) is 5.00. The molecular formula is C13H20N2O3S. The molecule has 106 valence electrons. The van der Waals surface area contributed by atoms with E-state index < -0.39 is 10.0 Å². The fourth-order valence-electron chi connectivity index (χ4n) is 1.55. The number of unbranched alkanes of at least 4 members (excludes halogenated alkanes) is 1. The van der Waals surface area contributed by atoms with E-state index in [4.69, 9.17) is 0 Å². The highest BCUT2D eigenvalue weighted by atomic mass is 32.2. The van der Waals surface area contributed by atoms with E-state index in [1.54, 1.807) is 19.1 Å². The summed E-state index contributed by atoms with van der Waals surface area (Å²) in [6, 6.07) is 6.14. The van der Waals surface area contributed by atoms with E-state index >= 15 is 0 Å². The molecule has 1 aromatic rings. The van der Waals surface area contributed by atoms with Gasteiger partial charge in [0.05, 0.1) is 4.90 Å². The summed E-state index contributed by atoms with van der Waals surface area (Å²) < 4.78 is 25.8. The maximum absolute atomic E-state index is 11.7. The predicted octanol–water partition coefficient (Wildman–Crippen LogP) is 2.11. The van der Waals surface area contributed by atoms with E-state index in [-0.39, 0.29) is 10.8 Å². The van der Waals surface area contributed by atoms with Gasteiger partial charge in [-0.3, -0.25) is 4.79 Å². The van der Waals surface area contributed by atoms with Crippen molar-refractivity contribution in [3.8, 4) is 0 Å². The highest BCUT2D eigenvalue weighted by Crippen LogP contribution is 2.14. The Balaban J connectivity index is 2.69. The predicted molar refractivity (Wildman–Crippen MR) is 75.5 cm³/mol. The van der Waals surface area contributed by atoms with Crippen LogP contribution >= 0.6 is 0 Å². The highest BCUT2D eigenvalue weighted by Gasteiger charge is 2.12. The Hall–Kier alpha value is -1.40. The van der Waals surface area contributed by atoms with Gasteiger partial charge < -0.3 is 5.32 Å². The van der Waals surface area contributed by atoms with E-state index in [1.165, 1.54) is 12.1 Å². The van der Waals surface area contributed by atoms with Crippen LogP contribution in [-0.2, 0) is 14.8 Å². The zero-order chi connectivity index (χ0) is 14.3. The molecule has 0 saturated carbocycles. The second-order valence-corrected chi connectivity index (χ2v) is 5.94. The number of hydrogen-bond acceptors (Lipinski definition) is 3. The normalized spacial score (nSPS) is 11.3. The summed E-state index contributed by atoms with van der Waals surface area (Å²) in [6.45, 7) is 4.09. The van der Waals surface area contributed by atoms with Crippen molar-refractivity contribution in [3.63, 3.8) is 0 Å². The van der Waals surface area contributed by atoms with Crippen LogP contribution in [0.4, 0.5) is 5.69 Å². The molecule has 0 heterocycles. The summed E-state index contributed by atoms with van der Waals surface area (Å²) in [4.78, 5) is 11.7. The molecule has 1 rings (SSSR count). The second-order valence-electron chi connectivity index (χ2n) is 4.18. The number of carbonyl (C=O) groups excluding carboxylic acids is 1. The molecule has 0 aliphatic rings. The molecule has 6 heteroatoms. The third-order valence-corrected chi connectivity index (χ3v) is 4.10. The summed E-state index contributed by atoms with van der Waals surface area (Å²) >= 11 is 0. The van der Waals surface area contributed by atoms with E-state index in [2.05, 4.69) is 10.0 Å². The Morgan fingerprint density at radius 1 is 1.16 bits per heavy atom. The van der Waals surface area contributed by atoms with Gasteiger partial charge in [-0.15, -0.1) is 0 Å². The number of hydrogen-bond donors (Lipinski definition) is 2. The van der Waals surface area contributed by atoms with E-state index in [9.17, 15) is 13.2 Å². The van der Waals surface area contributed by atoms with Crippen molar-refractivity contribution in [2.75, 3.05) is 11.9 Å². The first-order valence-electron chi connectivity index (χ1n) is 6.39. The van der Waals surface area contributed by atoms with Gasteiger partial charge in [0.15, 0.2) is 0 Å². The molecule has 0 unspecified atom stereocenters. The van der Waals surface area contributed by atoms with Crippen molar-refractivity contribution >= 4 is 21.6 Å². The highest BCUT2D eigenvalue weighted by molar-refractivity contribution is 7.89. The first-order valence-corrected chi connectivity index (χ1v) is 7.87. The van der Waals surface area contributed by atoms with Crippen LogP contribution in [0, 0.1) is 0 Å².